The molecule has 1 heterocycles. The van der Waals surface area contributed by atoms with E-state index in [-0.39, 0.29) is 0 Å². The van der Waals surface area contributed by atoms with Gasteiger partial charge in [-0.3, -0.25) is 0 Å². The predicted octanol–water partition coefficient (Wildman–Crippen LogP) is 3.19. The number of hydrogen-bond acceptors (Lipinski definition) is 1. The molecule has 1 nitrogen and oxygen atoms in total. The Morgan fingerprint density at radius 3 is 2.75 bits per heavy atom. The average molecular weight is 234 g/mol. The normalized spacial score (nSPS) is 22.9. The van der Waals surface area contributed by atoms with Crippen molar-refractivity contribution in [3.05, 3.63) is 35.9 Å². The van der Waals surface area contributed by atoms with E-state index in [0.717, 1.165) is 6.61 Å². The molecule has 1 aromatic carbocycles. The highest BCUT2D eigenvalue weighted by molar-refractivity contribution is 6.58. The van der Waals surface area contributed by atoms with E-state index in [4.69, 9.17) is 4.74 Å². The van der Waals surface area contributed by atoms with Crippen molar-refractivity contribution in [2.24, 2.45) is 0 Å². The highest BCUT2D eigenvalue weighted by Crippen LogP contribution is 2.18. The van der Waals surface area contributed by atoms with Crippen LogP contribution in [0, 0.1) is 0 Å². The molecule has 0 aromatic heterocycles. The van der Waals surface area contributed by atoms with Gasteiger partial charge in [0.25, 0.3) is 0 Å². The molecule has 88 valence electrons. The molecule has 1 aliphatic heterocycles. The molecule has 0 bridgehead atoms. The Balaban J connectivity index is 1.76. The van der Waals surface area contributed by atoms with Crippen LogP contribution in [0.2, 0.25) is 12.6 Å². The van der Waals surface area contributed by atoms with E-state index in [1.165, 1.54) is 37.3 Å². The second-order valence-electron chi connectivity index (χ2n) is 4.91. The number of aryl methyl sites for hydroxylation is 1. The number of rotatable bonds is 4. The standard InChI is InChI=1S/C14H22OSi/c1-16(14-9-5-6-11-15-14)12-10-13-7-3-2-4-8-13/h2-4,7-8,14,16H,5-6,9-12H2,1H3. The lowest BCUT2D eigenvalue weighted by atomic mass is 10.2. The third kappa shape index (κ3) is 3.46. The van der Waals surface area contributed by atoms with Gasteiger partial charge in [0.15, 0.2) is 0 Å². The van der Waals surface area contributed by atoms with Crippen LogP contribution in [0.1, 0.15) is 24.8 Å². The topological polar surface area (TPSA) is 9.23 Å². The van der Waals surface area contributed by atoms with Crippen LogP contribution < -0.4 is 0 Å². The molecule has 1 saturated heterocycles. The summed E-state index contributed by atoms with van der Waals surface area (Å²) in [5.74, 6) is 0. The largest absolute Gasteiger partial charge is 0.382 e. The van der Waals surface area contributed by atoms with Gasteiger partial charge in [0, 0.05) is 12.3 Å². The maximum absolute atomic E-state index is 5.89. The lowest BCUT2D eigenvalue weighted by Gasteiger charge is -2.27. The molecule has 1 fully saturated rings. The van der Waals surface area contributed by atoms with E-state index in [0.29, 0.717) is 5.73 Å². The molecule has 0 spiro atoms. The lowest BCUT2D eigenvalue weighted by molar-refractivity contribution is 0.0626. The van der Waals surface area contributed by atoms with Gasteiger partial charge in [-0.15, -0.1) is 0 Å². The third-order valence-electron chi connectivity index (χ3n) is 3.58. The van der Waals surface area contributed by atoms with E-state index < -0.39 is 8.80 Å². The van der Waals surface area contributed by atoms with E-state index in [9.17, 15) is 0 Å². The van der Waals surface area contributed by atoms with Gasteiger partial charge in [0.05, 0.1) is 8.80 Å². The zero-order valence-electron chi connectivity index (χ0n) is 10.2. The van der Waals surface area contributed by atoms with E-state index in [1.54, 1.807) is 0 Å². The van der Waals surface area contributed by atoms with Gasteiger partial charge in [-0.2, -0.15) is 0 Å². The fraction of sp³-hybridized carbons (Fsp3) is 0.571. The van der Waals surface area contributed by atoms with E-state index in [2.05, 4.69) is 36.9 Å². The van der Waals surface area contributed by atoms with Gasteiger partial charge in [0.1, 0.15) is 0 Å². The summed E-state index contributed by atoms with van der Waals surface area (Å²) in [6.07, 6.45) is 5.22. The molecular formula is C14H22OSi. The van der Waals surface area contributed by atoms with Crippen molar-refractivity contribution in [1.82, 2.24) is 0 Å². The molecule has 2 rings (SSSR count). The second-order valence-corrected chi connectivity index (χ2v) is 8.18. The molecule has 0 amide bonds. The lowest BCUT2D eigenvalue weighted by Crippen LogP contribution is -2.33. The first-order chi connectivity index (χ1) is 7.86. The van der Waals surface area contributed by atoms with Crippen LogP contribution in [0.25, 0.3) is 0 Å². The molecule has 2 atom stereocenters. The molecule has 1 aliphatic rings. The molecule has 2 heteroatoms. The van der Waals surface area contributed by atoms with Crippen LogP contribution >= 0.6 is 0 Å². The van der Waals surface area contributed by atoms with Gasteiger partial charge >= 0.3 is 0 Å². The zero-order chi connectivity index (χ0) is 11.2. The van der Waals surface area contributed by atoms with Gasteiger partial charge in [-0.1, -0.05) is 42.9 Å². The summed E-state index contributed by atoms with van der Waals surface area (Å²) in [6, 6.07) is 12.2. The average Bonchev–Trinajstić information content (AvgIpc) is 2.38. The van der Waals surface area contributed by atoms with Crippen LogP contribution in [0.3, 0.4) is 0 Å². The maximum Gasteiger partial charge on any atom is 0.0689 e. The highest BCUT2D eigenvalue weighted by atomic mass is 28.3. The smallest absolute Gasteiger partial charge is 0.0689 e. The van der Waals surface area contributed by atoms with Crippen molar-refractivity contribution < 1.29 is 4.74 Å². The van der Waals surface area contributed by atoms with Gasteiger partial charge in [-0.25, -0.2) is 0 Å². The maximum atomic E-state index is 5.89. The Morgan fingerprint density at radius 2 is 2.06 bits per heavy atom. The first-order valence-corrected chi connectivity index (χ1v) is 9.15. The zero-order valence-corrected chi connectivity index (χ0v) is 11.3. The first kappa shape index (κ1) is 11.9. The van der Waals surface area contributed by atoms with Crippen molar-refractivity contribution in [3.63, 3.8) is 0 Å². The third-order valence-corrected chi connectivity index (χ3v) is 6.58. The van der Waals surface area contributed by atoms with Crippen LogP contribution in [0.15, 0.2) is 30.3 Å². The summed E-state index contributed by atoms with van der Waals surface area (Å²) in [4.78, 5) is 0. The quantitative estimate of drug-likeness (QED) is 0.727. The first-order valence-electron chi connectivity index (χ1n) is 6.52. The Bertz CT molecular complexity index is 293. The Kier molecular flexibility index (Phi) is 4.61. The molecule has 16 heavy (non-hydrogen) atoms. The molecule has 0 N–H and O–H groups in total. The van der Waals surface area contributed by atoms with Crippen molar-refractivity contribution in [2.75, 3.05) is 6.61 Å². The fourth-order valence-corrected chi connectivity index (χ4v) is 4.87. The SMILES string of the molecule is C[SiH](CCc1ccccc1)C1CCCCO1. The minimum atomic E-state index is -0.676. The molecule has 2 unspecified atom stereocenters. The number of hydrogen-bond donors (Lipinski definition) is 0. The second kappa shape index (κ2) is 6.21. The molecule has 0 aliphatic carbocycles. The van der Waals surface area contributed by atoms with Crippen LogP contribution in [0.5, 0.6) is 0 Å². The van der Waals surface area contributed by atoms with Crippen molar-refractivity contribution in [1.29, 1.82) is 0 Å². The molecule has 0 saturated carbocycles. The van der Waals surface area contributed by atoms with E-state index in [1.807, 2.05) is 0 Å². The van der Waals surface area contributed by atoms with Crippen molar-refractivity contribution in [3.8, 4) is 0 Å². The van der Waals surface area contributed by atoms with Crippen molar-refractivity contribution in [2.45, 2.75) is 44.0 Å². The van der Waals surface area contributed by atoms with Crippen LogP contribution in [0.4, 0.5) is 0 Å². The van der Waals surface area contributed by atoms with Gasteiger partial charge < -0.3 is 4.74 Å². The fourth-order valence-electron chi connectivity index (χ4n) is 2.44. The summed E-state index contributed by atoms with van der Waals surface area (Å²) in [7, 11) is -0.676. The van der Waals surface area contributed by atoms with Crippen molar-refractivity contribution >= 4 is 8.80 Å². The van der Waals surface area contributed by atoms with Gasteiger partial charge in [-0.05, 0) is 31.2 Å². The van der Waals surface area contributed by atoms with E-state index >= 15 is 0 Å². The van der Waals surface area contributed by atoms with Crippen LogP contribution in [-0.4, -0.2) is 21.1 Å². The predicted molar refractivity (Wildman–Crippen MR) is 71.6 cm³/mol. The summed E-state index contributed by atoms with van der Waals surface area (Å²) in [5.41, 5.74) is 2.13. The molecular weight excluding hydrogens is 212 g/mol. The highest BCUT2D eigenvalue weighted by Gasteiger charge is 2.21. The summed E-state index contributed by atoms with van der Waals surface area (Å²) < 4.78 is 5.89. The minimum Gasteiger partial charge on any atom is -0.382 e. The van der Waals surface area contributed by atoms with Crippen LogP contribution in [-0.2, 0) is 11.2 Å². The number of ether oxygens (including phenoxy) is 1. The molecule has 1 aromatic rings. The summed E-state index contributed by atoms with van der Waals surface area (Å²) in [5, 5.41) is 0. The Morgan fingerprint density at radius 1 is 1.25 bits per heavy atom. The Labute approximate surface area is 100 Å². The molecule has 0 radical (unpaired) electrons. The number of benzene rings is 1. The Hall–Kier alpha value is -0.603. The summed E-state index contributed by atoms with van der Waals surface area (Å²) in [6.45, 7) is 3.48. The minimum absolute atomic E-state index is 0.650. The van der Waals surface area contributed by atoms with Gasteiger partial charge in [0.2, 0.25) is 0 Å². The monoisotopic (exact) mass is 234 g/mol. The summed E-state index contributed by atoms with van der Waals surface area (Å²) >= 11 is 0.